The number of fused-ring (bicyclic) bond motifs is 1. The number of phenols is 1. The van der Waals surface area contributed by atoms with Crippen molar-refractivity contribution < 1.29 is 23.1 Å². The van der Waals surface area contributed by atoms with Crippen LogP contribution < -0.4 is 5.73 Å². The number of anilines is 1. The Labute approximate surface area is 139 Å². The Morgan fingerprint density at radius 2 is 1.79 bits per heavy atom. The zero-order valence-electron chi connectivity index (χ0n) is 12.4. The van der Waals surface area contributed by atoms with Crippen LogP contribution in [-0.2, 0) is 10.7 Å². The van der Waals surface area contributed by atoms with Crippen molar-refractivity contribution in [3.63, 3.8) is 0 Å². The lowest BCUT2D eigenvalue weighted by molar-refractivity contribution is 0.0598. The van der Waals surface area contributed by atoms with Gasteiger partial charge in [-0.3, -0.25) is 14.5 Å². The predicted molar refractivity (Wildman–Crippen MR) is 87.4 cm³/mol. The van der Waals surface area contributed by atoms with Gasteiger partial charge in [0.25, 0.3) is 11.8 Å². The summed E-state index contributed by atoms with van der Waals surface area (Å²) in [6.07, 6.45) is 0. The lowest BCUT2D eigenvalue weighted by Gasteiger charge is -2.25. The highest BCUT2D eigenvalue weighted by Crippen LogP contribution is 2.34. The Morgan fingerprint density at radius 1 is 1.08 bits per heavy atom. The summed E-state index contributed by atoms with van der Waals surface area (Å²) in [5.74, 6) is -1.77. The van der Waals surface area contributed by atoms with E-state index in [2.05, 4.69) is 0 Å². The number of nitrogens with zero attached hydrogens (tertiary/aromatic N) is 1. The topological polar surface area (TPSA) is 118 Å². The Hall–Kier alpha value is -2.87. The lowest BCUT2D eigenvalue weighted by atomic mass is 10.1. The molecule has 24 heavy (non-hydrogen) atoms. The molecule has 0 fully saturated rings. The van der Waals surface area contributed by atoms with Crippen molar-refractivity contribution in [2.75, 3.05) is 11.5 Å². The normalized spacial score (nSPS) is 15.0. The number of aromatic hydroxyl groups is 1. The number of amides is 2. The van der Waals surface area contributed by atoms with Crippen molar-refractivity contribution in [3.05, 3.63) is 59.2 Å². The van der Waals surface area contributed by atoms with E-state index in [-0.39, 0.29) is 22.6 Å². The first-order valence-electron chi connectivity index (χ1n) is 7.07. The van der Waals surface area contributed by atoms with Crippen LogP contribution in [-0.4, -0.2) is 36.0 Å². The maximum absolute atomic E-state index is 12.7. The standard InChI is InChI=1S/C16H14N2O5S/c17-12-6-2-5-11-14(12)16(21)18(15(11)20)13(8-24(22)23)9-3-1-4-10(19)7-9/h1-7,13,19,24H,8,17H2/t13-/m1/s1. The van der Waals surface area contributed by atoms with Crippen molar-refractivity contribution in [2.45, 2.75) is 6.04 Å². The van der Waals surface area contributed by atoms with Gasteiger partial charge in [0.1, 0.15) is 16.5 Å². The number of nitrogen functional groups attached to an aromatic ring is 1. The zero-order chi connectivity index (χ0) is 17.4. The SMILES string of the molecule is Nc1cccc2c1C(=O)N([C@H](C[SH](=O)=O)c1cccc(O)c1)C2=O. The van der Waals surface area contributed by atoms with Crippen molar-refractivity contribution in [1.82, 2.24) is 4.90 Å². The third kappa shape index (κ3) is 2.61. The van der Waals surface area contributed by atoms with E-state index in [0.717, 1.165) is 4.90 Å². The molecule has 124 valence electrons. The highest BCUT2D eigenvalue weighted by Gasteiger charge is 2.42. The Morgan fingerprint density at radius 3 is 2.42 bits per heavy atom. The van der Waals surface area contributed by atoms with Gasteiger partial charge in [-0.1, -0.05) is 18.2 Å². The molecular weight excluding hydrogens is 332 g/mol. The largest absolute Gasteiger partial charge is 0.508 e. The second-order valence-corrected chi connectivity index (χ2v) is 6.41. The van der Waals surface area contributed by atoms with E-state index in [4.69, 9.17) is 5.73 Å². The summed E-state index contributed by atoms with van der Waals surface area (Å²) in [6.45, 7) is 0. The van der Waals surface area contributed by atoms with Gasteiger partial charge in [-0.05, 0) is 29.8 Å². The van der Waals surface area contributed by atoms with Gasteiger partial charge in [0, 0.05) is 5.69 Å². The van der Waals surface area contributed by atoms with E-state index in [0.29, 0.717) is 5.56 Å². The molecule has 1 heterocycles. The van der Waals surface area contributed by atoms with Crippen molar-refractivity contribution in [1.29, 1.82) is 0 Å². The molecule has 7 nitrogen and oxygen atoms in total. The molecular formula is C16H14N2O5S. The monoisotopic (exact) mass is 346 g/mol. The van der Waals surface area contributed by atoms with E-state index >= 15 is 0 Å². The number of thiol groups is 1. The number of hydrogen-bond donors (Lipinski definition) is 3. The van der Waals surface area contributed by atoms with Crippen LogP contribution in [0.2, 0.25) is 0 Å². The molecule has 0 saturated heterocycles. The fourth-order valence-corrected chi connectivity index (χ4v) is 3.48. The summed E-state index contributed by atoms with van der Waals surface area (Å²) in [6, 6.07) is 9.31. The smallest absolute Gasteiger partial charge is 0.264 e. The quantitative estimate of drug-likeness (QED) is 0.430. The Kier molecular flexibility index (Phi) is 3.98. The van der Waals surface area contributed by atoms with Crippen molar-refractivity contribution >= 4 is 28.2 Å². The number of carbonyl (C=O) groups excluding carboxylic acids is 2. The van der Waals surface area contributed by atoms with Crippen LogP contribution >= 0.6 is 0 Å². The number of hydrogen-bond acceptors (Lipinski definition) is 6. The summed E-state index contributed by atoms with van der Waals surface area (Å²) in [7, 11) is -2.87. The third-order valence-corrected chi connectivity index (χ3v) is 4.51. The van der Waals surface area contributed by atoms with Gasteiger partial charge < -0.3 is 10.8 Å². The van der Waals surface area contributed by atoms with Crippen LogP contribution in [0.1, 0.15) is 32.3 Å². The number of phenolic OH excluding ortho intramolecular Hbond substituents is 1. The molecule has 2 amide bonds. The molecule has 3 N–H and O–H groups in total. The second-order valence-electron chi connectivity index (χ2n) is 5.38. The van der Waals surface area contributed by atoms with Gasteiger partial charge in [-0.25, -0.2) is 8.42 Å². The van der Waals surface area contributed by atoms with Crippen LogP contribution in [0.25, 0.3) is 0 Å². The second kappa shape index (κ2) is 5.97. The molecule has 0 unspecified atom stereocenters. The van der Waals surface area contributed by atoms with Gasteiger partial charge in [0.05, 0.1) is 22.9 Å². The molecule has 0 radical (unpaired) electrons. The van der Waals surface area contributed by atoms with Crippen molar-refractivity contribution in [2.24, 2.45) is 0 Å². The van der Waals surface area contributed by atoms with Gasteiger partial charge >= 0.3 is 0 Å². The minimum atomic E-state index is -2.87. The van der Waals surface area contributed by atoms with Crippen LogP contribution in [0.3, 0.4) is 0 Å². The van der Waals surface area contributed by atoms with E-state index < -0.39 is 34.3 Å². The maximum atomic E-state index is 12.7. The predicted octanol–water partition coefficient (Wildman–Crippen LogP) is 0.923. The molecule has 0 spiro atoms. The summed E-state index contributed by atoms with van der Waals surface area (Å²) in [4.78, 5) is 26.2. The zero-order valence-corrected chi connectivity index (χ0v) is 13.3. The molecule has 3 rings (SSSR count). The molecule has 1 aliphatic rings. The van der Waals surface area contributed by atoms with Crippen LogP contribution in [0.4, 0.5) is 5.69 Å². The van der Waals surface area contributed by atoms with Gasteiger partial charge in [-0.2, -0.15) is 0 Å². The minimum Gasteiger partial charge on any atom is -0.508 e. The maximum Gasteiger partial charge on any atom is 0.264 e. The van der Waals surface area contributed by atoms with Gasteiger partial charge in [0.15, 0.2) is 0 Å². The summed E-state index contributed by atoms with van der Waals surface area (Å²) in [5.41, 5.74) is 6.53. The number of imide groups is 1. The van der Waals surface area contributed by atoms with Crippen LogP contribution in [0.5, 0.6) is 5.75 Å². The molecule has 1 atom stereocenters. The summed E-state index contributed by atoms with van der Waals surface area (Å²) in [5, 5.41) is 9.63. The van der Waals surface area contributed by atoms with Gasteiger partial charge in [-0.15, -0.1) is 0 Å². The highest BCUT2D eigenvalue weighted by atomic mass is 32.2. The van der Waals surface area contributed by atoms with Crippen molar-refractivity contribution in [3.8, 4) is 5.75 Å². The first-order chi connectivity index (χ1) is 11.4. The molecule has 2 aromatic carbocycles. The molecule has 2 aromatic rings. The molecule has 0 bridgehead atoms. The van der Waals surface area contributed by atoms with E-state index in [1.807, 2.05) is 0 Å². The number of carbonyl (C=O) groups is 2. The number of rotatable bonds is 4. The first kappa shape index (κ1) is 16.0. The molecule has 0 aliphatic carbocycles. The average Bonchev–Trinajstić information content (AvgIpc) is 2.77. The van der Waals surface area contributed by atoms with Crippen LogP contribution in [0.15, 0.2) is 42.5 Å². The first-order valence-corrected chi connectivity index (χ1v) is 8.43. The average molecular weight is 346 g/mol. The fourth-order valence-electron chi connectivity index (χ4n) is 2.82. The Balaban J connectivity index is 2.11. The highest BCUT2D eigenvalue weighted by molar-refractivity contribution is 7.72. The molecule has 0 saturated carbocycles. The van der Waals surface area contributed by atoms with Gasteiger partial charge in [0.2, 0.25) is 0 Å². The minimum absolute atomic E-state index is 0.0776. The Bertz CT molecular complexity index is 914. The molecule has 0 aromatic heterocycles. The van der Waals surface area contributed by atoms with E-state index in [9.17, 15) is 23.1 Å². The number of benzene rings is 2. The third-order valence-electron chi connectivity index (χ3n) is 3.87. The number of nitrogens with two attached hydrogens (primary N) is 1. The summed E-state index contributed by atoms with van der Waals surface area (Å²) >= 11 is 0. The fraction of sp³-hybridized carbons (Fsp3) is 0.125. The molecule has 1 aliphatic heterocycles. The van der Waals surface area contributed by atoms with E-state index in [1.165, 1.54) is 30.3 Å². The van der Waals surface area contributed by atoms with Crippen LogP contribution in [0, 0.1) is 0 Å². The lowest BCUT2D eigenvalue weighted by Crippen LogP contribution is -2.36. The van der Waals surface area contributed by atoms with E-state index in [1.54, 1.807) is 12.1 Å². The molecule has 8 heteroatoms. The summed E-state index contributed by atoms with van der Waals surface area (Å²) < 4.78 is 22.6.